The van der Waals surface area contributed by atoms with Gasteiger partial charge in [-0.05, 0) is 24.6 Å². The molecule has 15 heavy (non-hydrogen) atoms. The van der Waals surface area contributed by atoms with Crippen LogP contribution in [0.2, 0.25) is 18.1 Å². The van der Waals surface area contributed by atoms with Gasteiger partial charge in [-0.25, -0.2) is 0 Å². The molecule has 90 valence electrons. The van der Waals surface area contributed by atoms with Gasteiger partial charge in [0.1, 0.15) is 6.10 Å². The van der Waals surface area contributed by atoms with Crippen molar-refractivity contribution in [2.45, 2.75) is 70.9 Å². The molecular weight excluding hydrogens is 204 g/mol. The van der Waals surface area contributed by atoms with Crippen LogP contribution >= 0.6 is 0 Å². The molecular formula is C12H26O2Si. The highest BCUT2D eigenvalue weighted by atomic mass is 28.4. The zero-order chi connectivity index (χ0) is 11.7. The molecule has 0 spiro atoms. The van der Waals surface area contributed by atoms with Crippen molar-refractivity contribution in [2.24, 2.45) is 0 Å². The van der Waals surface area contributed by atoms with Crippen LogP contribution in [0.4, 0.5) is 0 Å². The zero-order valence-electron chi connectivity index (χ0n) is 11.1. The second-order valence-corrected chi connectivity index (χ2v) is 10.9. The summed E-state index contributed by atoms with van der Waals surface area (Å²) in [4.78, 5) is 0. The van der Waals surface area contributed by atoms with Crippen LogP contribution in [0.25, 0.3) is 0 Å². The molecule has 2 nitrogen and oxygen atoms in total. The molecule has 1 rings (SSSR count). The van der Waals surface area contributed by atoms with Crippen molar-refractivity contribution in [3.05, 3.63) is 0 Å². The van der Waals surface area contributed by atoms with Gasteiger partial charge in [0.2, 0.25) is 0 Å². The van der Waals surface area contributed by atoms with Gasteiger partial charge in [0.05, 0.1) is 12.7 Å². The van der Waals surface area contributed by atoms with Gasteiger partial charge in [0.15, 0.2) is 8.32 Å². The van der Waals surface area contributed by atoms with Gasteiger partial charge in [0, 0.05) is 0 Å². The molecule has 1 aliphatic heterocycles. The summed E-state index contributed by atoms with van der Waals surface area (Å²) in [6.07, 6.45) is 3.27. The van der Waals surface area contributed by atoms with Crippen molar-refractivity contribution in [2.75, 3.05) is 6.61 Å². The van der Waals surface area contributed by atoms with Crippen molar-refractivity contribution in [3.8, 4) is 0 Å². The Labute approximate surface area is 95.5 Å². The lowest BCUT2D eigenvalue weighted by Crippen LogP contribution is -2.41. The molecule has 0 N–H and O–H groups in total. The summed E-state index contributed by atoms with van der Waals surface area (Å²) in [5, 5.41) is 0.308. The van der Waals surface area contributed by atoms with Crippen molar-refractivity contribution in [1.82, 2.24) is 0 Å². The summed E-state index contributed by atoms with van der Waals surface area (Å²) in [7, 11) is -1.56. The van der Waals surface area contributed by atoms with Gasteiger partial charge in [0.25, 0.3) is 0 Å². The fourth-order valence-corrected chi connectivity index (χ4v) is 2.39. The molecule has 1 saturated heterocycles. The van der Waals surface area contributed by atoms with Crippen LogP contribution in [0.3, 0.4) is 0 Å². The predicted octanol–water partition coefficient (Wildman–Crippen LogP) is 3.58. The lowest BCUT2D eigenvalue weighted by molar-refractivity contribution is 0.241. The Hall–Kier alpha value is 0.137. The van der Waals surface area contributed by atoms with Crippen LogP contribution in [0.5, 0.6) is 0 Å². The first kappa shape index (κ1) is 13.2. The van der Waals surface area contributed by atoms with E-state index in [1.807, 2.05) is 0 Å². The van der Waals surface area contributed by atoms with Crippen LogP contribution < -0.4 is 0 Å². The molecule has 2 unspecified atom stereocenters. The van der Waals surface area contributed by atoms with E-state index in [0.717, 1.165) is 6.61 Å². The van der Waals surface area contributed by atoms with E-state index in [1.165, 1.54) is 12.8 Å². The fourth-order valence-electron chi connectivity index (χ4n) is 1.37. The third-order valence-electron chi connectivity index (χ3n) is 3.68. The first-order chi connectivity index (χ1) is 6.78. The third kappa shape index (κ3) is 3.57. The number of hydrogen-bond donors (Lipinski definition) is 0. The molecule has 0 aromatic heterocycles. The van der Waals surface area contributed by atoms with E-state index in [1.54, 1.807) is 0 Å². The predicted molar refractivity (Wildman–Crippen MR) is 66.7 cm³/mol. The Kier molecular flexibility index (Phi) is 4.01. The summed E-state index contributed by atoms with van der Waals surface area (Å²) in [6.45, 7) is 14.4. The lowest BCUT2D eigenvalue weighted by Gasteiger charge is -2.36. The van der Waals surface area contributed by atoms with Gasteiger partial charge in [-0.1, -0.05) is 34.1 Å². The molecule has 1 aliphatic rings. The molecule has 0 radical (unpaired) electrons. The quantitative estimate of drug-likeness (QED) is 0.532. The number of ether oxygens (including phenoxy) is 1. The standard InChI is InChI=1S/C12H26O2Si/c1-7-8-10-11(14-10)9-13-15(5,6)12(2,3)4/h10-11H,7-9H2,1-6H3. The van der Waals surface area contributed by atoms with Gasteiger partial charge >= 0.3 is 0 Å². The van der Waals surface area contributed by atoms with E-state index < -0.39 is 8.32 Å². The molecule has 3 heteroatoms. The van der Waals surface area contributed by atoms with Gasteiger partial charge in [-0.15, -0.1) is 0 Å². The highest BCUT2D eigenvalue weighted by Crippen LogP contribution is 2.38. The normalized spacial score (nSPS) is 26.8. The van der Waals surface area contributed by atoms with Gasteiger partial charge in [-0.3, -0.25) is 0 Å². The van der Waals surface area contributed by atoms with E-state index >= 15 is 0 Å². The van der Waals surface area contributed by atoms with E-state index in [2.05, 4.69) is 40.8 Å². The minimum Gasteiger partial charge on any atom is -0.414 e. The summed E-state index contributed by atoms with van der Waals surface area (Å²) in [5.74, 6) is 0. The number of hydrogen-bond acceptors (Lipinski definition) is 2. The monoisotopic (exact) mass is 230 g/mol. The second-order valence-electron chi connectivity index (χ2n) is 6.07. The highest BCUT2D eigenvalue weighted by molar-refractivity contribution is 6.74. The maximum atomic E-state index is 6.11. The van der Waals surface area contributed by atoms with E-state index in [0.29, 0.717) is 17.2 Å². The Morgan fingerprint density at radius 1 is 1.20 bits per heavy atom. The first-order valence-corrected chi connectivity index (χ1v) is 8.98. The number of epoxide rings is 1. The topological polar surface area (TPSA) is 21.8 Å². The van der Waals surface area contributed by atoms with Crippen molar-refractivity contribution in [1.29, 1.82) is 0 Å². The van der Waals surface area contributed by atoms with E-state index in [9.17, 15) is 0 Å². The van der Waals surface area contributed by atoms with Crippen molar-refractivity contribution in [3.63, 3.8) is 0 Å². The van der Waals surface area contributed by atoms with Crippen molar-refractivity contribution < 1.29 is 9.16 Å². The minimum atomic E-state index is -1.56. The van der Waals surface area contributed by atoms with Crippen molar-refractivity contribution >= 4 is 8.32 Å². The molecule has 0 aromatic carbocycles. The second kappa shape index (κ2) is 4.56. The average Bonchev–Trinajstić information content (AvgIpc) is 2.79. The van der Waals surface area contributed by atoms with E-state index in [4.69, 9.17) is 9.16 Å². The molecule has 1 heterocycles. The zero-order valence-corrected chi connectivity index (χ0v) is 12.1. The summed E-state index contributed by atoms with van der Waals surface area (Å²) >= 11 is 0. The van der Waals surface area contributed by atoms with E-state index in [-0.39, 0.29) is 0 Å². The first-order valence-electron chi connectivity index (χ1n) is 6.07. The molecule has 0 aromatic rings. The smallest absolute Gasteiger partial charge is 0.192 e. The molecule has 2 atom stereocenters. The molecule has 0 aliphatic carbocycles. The summed E-state index contributed by atoms with van der Waals surface area (Å²) in [6, 6.07) is 0. The van der Waals surface area contributed by atoms with Crippen LogP contribution in [-0.2, 0) is 9.16 Å². The third-order valence-corrected chi connectivity index (χ3v) is 8.18. The molecule has 1 fully saturated rings. The molecule has 0 saturated carbocycles. The van der Waals surface area contributed by atoms with Gasteiger partial charge in [-0.2, -0.15) is 0 Å². The van der Waals surface area contributed by atoms with Crippen LogP contribution in [0.15, 0.2) is 0 Å². The Morgan fingerprint density at radius 2 is 1.80 bits per heavy atom. The minimum absolute atomic E-state index is 0.308. The Bertz CT molecular complexity index is 208. The SMILES string of the molecule is CCCC1OC1CO[Si](C)(C)C(C)(C)C. The number of rotatable bonds is 5. The van der Waals surface area contributed by atoms with Crippen LogP contribution in [0, 0.1) is 0 Å². The summed E-state index contributed by atoms with van der Waals surface area (Å²) in [5.41, 5.74) is 0. The lowest BCUT2D eigenvalue weighted by atomic mass is 10.2. The Balaban J connectivity index is 2.26. The molecule has 0 amide bonds. The fraction of sp³-hybridized carbons (Fsp3) is 1.00. The summed E-state index contributed by atoms with van der Waals surface area (Å²) < 4.78 is 11.7. The average molecular weight is 230 g/mol. The van der Waals surface area contributed by atoms with Crippen LogP contribution in [-0.4, -0.2) is 27.1 Å². The largest absolute Gasteiger partial charge is 0.414 e. The van der Waals surface area contributed by atoms with Crippen LogP contribution in [0.1, 0.15) is 40.5 Å². The maximum absolute atomic E-state index is 6.11. The maximum Gasteiger partial charge on any atom is 0.192 e. The molecule has 0 bridgehead atoms. The van der Waals surface area contributed by atoms with Gasteiger partial charge < -0.3 is 9.16 Å². The highest BCUT2D eigenvalue weighted by Gasteiger charge is 2.42. The Morgan fingerprint density at radius 3 is 2.27 bits per heavy atom.